The lowest BCUT2D eigenvalue weighted by Crippen LogP contribution is -2.26. The standard InChI is InChI=1S/C32H26N/c1-4-9-24-10-7-12-25(18-24)29-16-23(2)17-30(20-29)26-13-8-14-27(19-26)32-22-33(3)21-28-11-5-6-15-31(28)32/h5-8,10-22H,1-3H3/q+1. The SMILES string of the molecule is CC#Cc1cccc(-c2cc(C)cc(-c3cccc(-c4c[n+](C)cc5ccccc45)c3)c2)c1. The zero-order valence-electron chi connectivity index (χ0n) is 19.3. The van der Waals surface area contributed by atoms with Crippen molar-refractivity contribution in [1.82, 2.24) is 0 Å². The summed E-state index contributed by atoms with van der Waals surface area (Å²) in [6.45, 7) is 4.04. The van der Waals surface area contributed by atoms with Gasteiger partial charge in [0.1, 0.15) is 7.05 Å². The van der Waals surface area contributed by atoms with E-state index in [9.17, 15) is 0 Å². The Hall–Kier alpha value is -4.15. The molecule has 0 N–H and O–H groups in total. The number of benzene rings is 4. The van der Waals surface area contributed by atoms with Gasteiger partial charge in [-0.1, -0.05) is 66.6 Å². The monoisotopic (exact) mass is 424 g/mol. The highest BCUT2D eigenvalue weighted by atomic mass is 14.9. The second kappa shape index (κ2) is 8.77. The molecule has 33 heavy (non-hydrogen) atoms. The first-order chi connectivity index (χ1) is 16.1. The van der Waals surface area contributed by atoms with Crippen LogP contribution in [0, 0.1) is 18.8 Å². The van der Waals surface area contributed by atoms with Crippen molar-refractivity contribution in [2.45, 2.75) is 13.8 Å². The summed E-state index contributed by atoms with van der Waals surface area (Å²) in [5, 5.41) is 2.52. The number of pyridine rings is 1. The second-order valence-electron chi connectivity index (χ2n) is 8.55. The van der Waals surface area contributed by atoms with Crippen LogP contribution in [0.15, 0.2) is 103 Å². The fraction of sp³-hybridized carbons (Fsp3) is 0.0938. The third-order valence-electron chi connectivity index (χ3n) is 5.98. The third kappa shape index (κ3) is 4.29. The molecule has 1 nitrogen and oxygen atoms in total. The Kier molecular flexibility index (Phi) is 5.51. The van der Waals surface area contributed by atoms with E-state index in [1.807, 2.05) is 6.92 Å². The van der Waals surface area contributed by atoms with Crippen molar-refractivity contribution >= 4 is 10.8 Å². The van der Waals surface area contributed by atoms with Crippen molar-refractivity contribution in [2.75, 3.05) is 0 Å². The minimum atomic E-state index is 1.05. The van der Waals surface area contributed by atoms with Gasteiger partial charge in [0, 0.05) is 16.3 Å². The molecular weight excluding hydrogens is 398 g/mol. The van der Waals surface area contributed by atoms with Gasteiger partial charge < -0.3 is 0 Å². The van der Waals surface area contributed by atoms with Crippen LogP contribution in [-0.4, -0.2) is 0 Å². The van der Waals surface area contributed by atoms with E-state index in [4.69, 9.17) is 0 Å². The summed E-state index contributed by atoms with van der Waals surface area (Å²) in [6, 6.07) is 32.7. The van der Waals surface area contributed by atoms with E-state index in [0.717, 1.165) is 5.56 Å². The average Bonchev–Trinajstić information content (AvgIpc) is 2.83. The maximum atomic E-state index is 3.17. The lowest BCUT2D eigenvalue weighted by molar-refractivity contribution is -0.669. The Bertz CT molecular complexity index is 1550. The number of hydrogen-bond donors (Lipinski definition) is 0. The fourth-order valence-electron chi connectivity index (χ4n) is 4.52. The summed E-state index contributed by atoms with van der Waals surface area (Å²) in [5.41, 5.74) is 9.62. The molecule has 0 aliphatic carbocycles. The quantitative estimate of drug-likeness (QED) is 0.211. The molecule has 4 aromatic carbocycles. The van der Waals surface area contributed by atoms with Gasteiger partial charge in [0.25, 0.3) is 0 Å². The number of hydrogen-bond acceptors (Lipinski definition) is 0. The normalized spacial score (nSPS) is 10.6. The highest BCUT2D eigenvalue weighted by Crippen LogP contribution is 2.33. The summed E-state index contributed by atoms with van der Waals surface area (Å²) < 4.78 is 2.14. The highest BCUT2D eigenvalue weighted by Gasteiger charge is 2.11. The predicted octanol–water partition coefficient (Wildman–Crippen LogP) is 7.35. The number of aromatic nitrogens is 1. The molecule has 0 saturated heterocycles. The fourth-order valence-corrected chi connectivity index (χ4v) is 4.52. The van der Waals surface area contributed by atoms with Crippen LogP contribution in [0.4, 0.5) is 0 Å². The van der Waals surface area contributed by atoms with Crippen molar-refractivity contribution in [3.8, 4) is 45.2 Å². The molecule has 0 aliphatic heterocycles. The van der Waals surface area contributed by atoms with E-state index in [2.05, 4.69) is 134 Å². The van der Waals surface area contributed by atoms with Gasteiger partial charge in [0.05, 0.1) is 5.56 Å². The third-order valence-corrected chi connectivity index (χ3v) is 5.98. The summed E-state index contributed by atoms with van der Waals surface area (Å²) >= 11 is 0. The zero-order valence-corrected chi connectivity index (χ0v) is 19.3. The van der Waals surface area contributed by atoms with Crippen LogP contribution in [-0.2, 0) is 7.05 Å². The number of aryl methyl sites for hydroxylation is 2. The van der Waals surface area contributed by atoms with Crippen LogP contribution in [0.2, 0.25) is 0 Å². The Morgan fingerprint density at radius 2 is 1.30 bits per heavy atom. The van der Waals surface area contributed by atoms with Crippen molar-refractivity contribution in [3.05, 3.63) is 115 Å². The van der Waals surface area contributed by atoms with Gasteiger partial charge in [0.15, 0.2) is 12.4 Å². The Morgan fingerprint density at radius 3 is 2.09 bits per heavy atom. The first-order valence-corrected chi connectivity index (χ1v) is 11.2. The van der Waals surface area contributed by atoms with Gasteiger partial charge >= 0.3 is 0 Å². The van der Waals surface area contributed by atoms with Crippen LogP contribution in [0.3, 0.4) is 0 Å². The smallest absolute Gasteiger partial charge is 0.177 e. The minimum Gasteiger partial charge on any atom is -0.207 e. The summed E-state index contributed by atoms with van der Waals surface area (Å²) in [7, 11) is 2.09. The Morgan fingerprint density at radius 1 is 0.636 bits per heavy atom. The molecule has 0 aliphatic rings. The van der Waals surface area contributed by atoms with E-state index in [-0.39, 0.29) is 0 Å². The molecule has 0 radical (unpaired) electrons. The number of rotatable bonds is 3. The van der Waals surface area contributed by atoms with Crippen LogP contribution in [0.25, 0.3) is 44.2 Å². The number of fused-ring (bicyclic) bond motifs is 1. The molecule has 0 amide bonds. The van der Waals surface area contributed by atoms with Gasteiger partial charge in [-0.25, -0.2) is 4.57 Å². The van der Waals surface area contributed by atoms with Crippen LogP contribution in [0.1, 0.15) is 18.1 Å². The van der Waals surface area contributed by atoms with Gasteiger partial charge in [-0.2, -0.15) is 0 Å². The molecule has 1 heteroatoms. The van der Waals surface area contributed by atoms with Crippen LogP contribution in [0.5, 0.6) is 0 Å². The lowest BCUT2D eigenvalue weighted by Gasteiger charge is -2.11. The molecule has 1 heterocycles. The molecule has 1 aromatic heterocycles. The first-order valence-electron chi connectivity index (χ1n) is 11.2. The van der Waals surface area contributed by atoms with E-state index in [1.165, 1.54) is 49.7 Å². The molecule has 0 unspecified atom stereocenters. The Balaban J connectivity index is 1.62. The van der Waals surface area contributed by atoms with Crippen molar-refractivity contribution in [1.29, 1.82) is 0 Å². The van der Waals surface area contributed by atoms with Crippen molar-refractivity contribution < 1.29 is 4.57 Å². The molecule has 0 atom stereocenters. The van der Waals surface area contributed by atoms with E-state index < -0.39 is 0 Å². The van der Waals surface area contributed by atoms with Crippen molar-refractivity contribution in [3.63, 3.8) is 0 Å². The van der Waals surface area contributed by atoms with Crippen LogP contribution < -0.4 is 4.57 Å². The summed E-state index contributed by atoms with van der Waals surface area (Å²) in [4.78, 5) is 0. The molecular formula is C32H26N+. The highest BCUT2D eigenvalue weighted by molar-refractivity contribution is 5.95. The molecule has 158 valence electrons. The van der Waals surface area contributed by atoms with Gasteiger partial charge in [-0.05, 0) is 77.6 Å². The molecule has 0 saturated carbocycles. The van der Waals surface area contributed by atoms with E-state index in [1.54, 1.807) is 0 Å². The zero-order chi connectivity index (χ0) is 22.8. The topological polar surface area (TPSA) is 3.88 Å². The molecule has 5 aromatic rings. The van der Waals surface area contributed by atoms with Crippen molar-refractivity contribution in [2.24, 2.45) is 7.05 Å². The second-order valence-corrected chi connectivity index (χ2v) is 8.55. The molecule has 0 fully saturated rings. The maximum Gasteiger partial charge on any atom is 0.177 e. The van der Waals surface area contributed by atoms with E-state index >= 15 is 0 Å². The first kappa shape index (κ1) is 20.7. The molecule has 0 spiro atoms. The minimum absolute atomic E-state index is 1.05. The van der Waals surface area contributed by atoms with Gasteiger partial charge in [0.2, 0.25) is 0 Å². The molecule has 5 rings (SSSR count). The Labute approximate surface area is 196 Å². The summed E-state index contributed by atoms with van der Waals surface area (Å²) in [6.07, 6.45) is 4.38. The lowest BCUT2D eigenvalue weighted by atomic mass is 9.93. The van der Waals surface area contributed by atoms with E-state index in [0.29, 0.717) is 0 Å². The molecule has 0 bridgehead atoms. The van der Waals surface area contributed by atoms with Gasteiger partial charge in [-0.3, -0.25) is 0 Å². The maximum absolute atomic E-state index is 3.17. The number of nitrogens with zero attached hydrogens (tertiary/aromatic N) is 1. The average molecular weight is 425 g/mol. The largest absolute Gasteiger partial charge is 0.207 e. The summed E-state index contributed by atoms with van der Waals surface area (Å²) in [5.74, 6) is 6.17. The van der Waals surface area contributed by atoms with Gasteiger partial charge in [-0.15, -0.1) is 5.92 Å². The van der Waals surface area contributed by atoms with Crippen LogP contribution >= 0.6 is 0 Å². The predicted molar refractivity (Wildman–Crippen MR) is 139 cm³/mol.